The van der Waals surface area contributed by atoms with Gasteiger partial charge in [0.05, 0.1) is 0 Å². The lowest BCUT2D eigenvalue weighted by Crippen LogP contribution is -2.45. The Morgan fingerprint density at radius 1 is 1.00 bits per heavy atom. The number of hydrogen-bond donors (Lipinski definition) is 3. The molecule has 0 fully saturated rings. The number of alkyl carbamates (subject to hydrolysis) is 1. The zero-order valence-corrected chi connectivity index (χ0v) is 16.1. The summed E-state index contributed by atoms with van der Waals surface area (Å²) in [6, 6.07) is 12.3. The first-order valence-electron chi connectivity index (χ1n) is 8.85. The highest BCUT2D eigenvalue weighted by Gasteiger charge is 2.26. The molecule has 0 spiro atoms. The van der Waals surface area contributed by atoms with E-state index >= 15 is 0 Å². The Kier molecular flexibility index (Phi) is 6.87. The van der Waals surface area contributed by atoms with Gasteiger partial charge in [0.15, 0.2) is 11.5 Å². The summed E-state index contributed by atoms with van der Waals surface area (Å²) in [5, 5.41) is 21.6. The minimum Gasteiger partial charge on any atom is -0.504 e. The van der Waals surface area contributed by atoms with E-state index in [1.165, 1.54) is 12.1 Å². The summed E-state index contributed by atoms with van der Waals surface area (Å²) >= 11 is 0. The molecule has 1 atom stereocenters. The van der Waals surface area contributed by atoms with E-state index in [2.05, 4.69) is 5.32 Å². The Balaban J connectivity index is 2.10. The van der Waals surface area contributed by atoms with Crippen molar-refractivity contribution in [2.24, 2.45) is 0 Å². The minimum absolute atomic E-state index is 0.0563. The van der Waals surface area contributed by atoms with Gasteiger partial charge in [-0.2, -0.15) is 0 Å². The average molecular weight is 387 g/mol. The number of hydrogen-bond acceptors (Lipinski definition) is 6. The molecule has 28 heavy (non-hydrogen) atoms. The summed E-state index contributed by atoms with van der Waals surface area (Å²) in [5.74, 6) is -1.22. The highest BCUT2D eigenvalue weighted by atomic mass is 16.6. The molecule has 7 heteroatoms. The van der Waals surface area contributed by atoms with Crippen molar-refractivity contribution in [1.29, 1.82) is 0 Å². The minimum atomic E-state index is -1.03. The molecule has 0 saturated carbocycles. The molecule has 7 nitrogen and oxygen atoms in total. The Labute approximate surface area is 163 Å². The lowest BCUT2D eigenvalue weighted by atomic mass is 10.1. The van der Waals surface area contributed by atoms with E-state index in [4.69, 9.17) is 9.47 Å². The topological polar surface area (TPSA) is 105 Å². The van der Waals surface area contributed by atoms with Gasteiger partial charge in [0.1, 0.15) is 18.2 Å². The van der Waals surface area contributed by atoms with E-state index in [1.54, 1.807) is 26.8 Å². The highest BCUT2D eigenvalue weighted by molar-refractivity contribution is 5.81. The number of nitrogens with one attached hydrogen (secondary N) is 1. The van der Waals surface area contributed by atoms with Crippen molar-refractivity contribution in [3.8, 4) is 11.5 Å². The van der Waals surface area contributed by atoms with E-state index in [0.717, 1.165) is 5.56 Å². The number of esters is 1. The van der Waals surface area contributed by atoms with Crippen LogP contribution in [-0.4, -0.2) is 33.9 Å². The molecule has 150 valence electrons. The summed E-state index contributed by atoms with van der Waals surface area (Å²) in [6.07, 6.45) is -0.696. The second-order valence-corrected chi connectivity index (χ2v) is 7.32. The number of amides is 1. The van der Waals surface area contributed by atoms with Crippen LogP contribution in [0.4, 0.5) is 4.79 Å². The Hall–Kier alpha value is -3.22. The molecule has 1 amide bonds. The zero-order chi connectivity index (χ0) is 20.7. The molecule has 0 aliphatic carbocycles. The number of rotatable bonds is 6. The van der Waals surface area contributed by atoms with Gasteiger partial charge in [-0.3, -0.25) is 0 Å². The van der Waals surface area contributed by atoms with Crippen molar-refractivity contribution in [3.05, 3.63) is 59.7 Å². The molecule has 0 aromatic heterocycles. The van der Waals surface area contributed by atoms with Crippen LogP contribution in [-0.2, 0) is 27.3 Å². The Bertz CT molecular complexity index is 813. The second kappa shape index (κ2) is 9.12. The van der Waals surface area contributed by atoms with Crippen LogP contribution in [0.3, 0.4) is 0 Å². The van der Waals surface area contributed by atoms with Crippen molar-refractivity contribution in [2.75, 3.05) is 0 Å². The second-order valence-electron chi connectivity index (χ2n) is 7.32. The molecule has 0 aliphatic heterocycles. The molecule has 0 bridgehead atoms. The number of phenolic OH excluding ortho intramolecular Hbond substituents is 2. The number of phenols is 2. The molecular formula is C21H25NO6. The normalized spacial score (nSPS) is 12.1. The summed E-state index contributed by atoms with van der Waals surface area (Å²) in [7, 11) is 0. The first-order valence-corrected chi connectivity index (χ1v) is 8.85. The van der Waals surface area contributed by atoms with Crippen molar-refractivity contribution < 1.29 is 29.3 Å². The van der Waals surface area contributed by atoms with Gasteiger partial charge in [-0.25, -0.2) is 9.59 Å². The molecule has 0 radical (unpaired) electrons. The number of aromatic hydroxyl groups is 2. The van der Waals surface area contributed by atoms with Crippen LogP contribution in [0.25, 0.3) is 0 Å². The maximum absolute atomic E-state index is 12.6. The fourth-order valence-electron chi connectivity index (χ4n) is 2.40. The fraction of sp³-hybridized carbons (Fsp3) is 0.333. The number of ether oxygens (including phenoxy) is 2. The largest absolute Gasteiger partial charge is 0.504 e. The number of carbonyl (C=O) groups excluding carboxylic acids is 2. The molecule has 0 heterocycles. The molecular weight excluding hydrogens is 362 g/mol. The maximum Gasteiger partial charge on any atom is 0.408 e. The van der Waals surface area contributed by atoms with E-state index < -0.39 is 23.7 Å². The van der Waals surface area contributed by atoms with Crippen LogP contribution in [0.5, 0.6) is 11.5 Å². The maximum atomic E-state index is 12.6. The van der Waals surface area contributed by atoms with Crippen LogP contribution >= 0.6 is 0 Å². The first kappa shape index (κ1) is 21.1. The quantitative estimate of drug-likeness (QED) is 0.519. The zero-order valence-electron chi connectivity index (χ0n) is 16.1. The van der Waals surface area contributed by atoms with Crippen molar-refractivity contribution >= 4 is 12.1 Å². The van der Waals surface area contributed by atoms with Crippen LogP contribution in [0.1, 0.15) is 31.9 Å². The van der Waals surface area contributed by atoms with Gasteiger partial charge in [-0.15, -0.1) is 0 Å². The van der Waals surface area contributed by atoms with E-state index in [9.17, 15) is 19.8 Å². The van der Waals surface area contributed by atoms with Gasteiger partial charge < -0.3 is 25.0 Å². The smallest absolute Gasteiger partial charge is 0.408 e. The van der Waals surface area contributed by atoms with Gasteiger partial charge in [0, 0.05) is 6.42 Å². The summed E-state index contributed by atoms with van der Waals surface area (Å²) in [5.41, 5.74) is 0.626. The molecule has 0 saturated heterocycles. The fourth-order valence-corrected chi connectivity index (χ4v) is 2.40. The average Bonchev–Trinajstić information content (AvgIpc) is 2.61. The number of benzene rings is 2. The third kappa shape index (κ3) is 6.83. The van der Waals surface area contributed by atoms with Gasteiger partial charge in [-0.1, -0.05) is 36.4 Å². The molecule has 3 N–H and O–H groups in total. The van der Waals surface area contributed by atoms with Crippen LogP contribution in [0.2, 0.25) is 0 Å². The van der Waals surface area contributed by atoms with Crippen LogP contribution in [0, 0.1) is 0 Å². The van der Waals surface area contributed by atoms with Crippen LogP contribution < -0.4 is 5.32 Å². The molecule has 2 aromatic rings. The molecule has 0 unspecified atom stereocenters. The summed E-state index contributed by atoms with van der Waals surface area (Å²) < 4.78 is 10.5. The van der Waals surface area contributed by atoms with Crippen molar-refractivity contribution in [1.82, 2.24) is 5.32 Å². The van der Waals surface area contributed by atoms with Gasteiger partial charge in [-0.05, 0) is 44.0 Å². The highest BCUT2D eigenvalue weighted by Crippen LogP contribution is 2.25. The predicted molar refractivity (Wildman–Crippen MR) is 103 cm³/mol. The van der Waals surface area contributed by atoms with E-state index in [1.807, 2.05) is 30.3 Å². The standard InChI is InChI=1S/C21H25NO6/c1-21(2,3)28-20(26)22-16(11-15-9-10-17(23)18(24)12-15)19(25)27-13-14-7-5-4-6-8-14/h4-10,12,16,23-24H,11,13H2,1-3H3,(H,22,26)/t16-/m0/s1. The third-order valence-electron chi connectivity index (χ3n) is 3.68. The Morgan fingerprint density at radius 3 is 2.29 bits per heavy atom. The van der Waals surface area contributed by atoms with E-state index in [0.29, 0.717) is 5.56 Å². The molecule has 2 aromatic carbocycles. The number of carbonyl (C=O) groups is 2. The predicted octanol–water partition coefficient (Wildman–Crippen LogP) is 3.28. The molecule has 0 aliphatic rings. The summed E-state index contributed by atoms with van der Waals surface area (Å²) in [6.45, 7) is 5.21. The van der Waals surface area contributed by atoms with Gasteiger partial charge in [0.2, 0.25) is 0 Å². The lowest BCUT2D eigenvalue weighted by molar-refractivity contribution is -0.147. The monoisotopic (exact) mass is 387 g/mol. The van der Waals surface area contributed by atoms with E-state index in [-0.39, 0.29) is 24.5 Å². The third-order valence-corrected chi connectivity index (χ3v) is 3.68. The Morgan fingerprint density at radius 2 is 1.68 bits per heavy atom. The SMILES string of the molecule is CC(C)(C)OC(=O)N[C@@H](Cc1ccc(O)c(O)c1)C(=O)OCc1ccccc1. The van der Waals surface area contributed by atoms with Gasteiger partial charge >= 0.3 is 12.1 Å². The molecule has 2 rings (SSSR count). The van der Waals surface area contributed by atoms with Gasteiger partial charge in [0.25, 0.3) is 0 Å². The van der Waals surface area contributed by atoms with Crippen molar-refractivity contribution in [2.45, 2.75) is 45.4 Å². The van der Waals surface area contributed by atoms with Crippen molar-refractivity contribution in [3.63, 3.8) is 0 Å². The lowest BCUT2D eigenvalue weighted by Gasteiger charge is -2.23. The first-order chi connectivity index (χ1) is 13.1. The summed E-state index contributed by atoms with van der Waals surface area (Å²) in [4.78, 5) is 24.7. The van der Waals surface area contributed by atoms with Crippen LogP contribution in [0.15, 0.2) is 48.5 Å².